The van der Waals surface area contributed by atoms with Crippen molar-refractivity contribution in [3.63, 3.8) is 0 Å². The molecule has 0 spiro atoms. The molecule has 1 aliphatic heterocycles. The predicted molar refractivity (Wildman–Crippen MR) is 97.8 cm³/mol. The third-order valence-electron chi connectivity index (χ3n) is 5.71. The topological polar surface area (TPSA) is 71.0 Å². The minimum absolute atomic E-state index is 0.00885. The number of quaternary nitrogens is 2. The summed E-state index contributed by atoms with van der Waals surface area (Å²) < 4.78 is 5.20. The monoisotopic (exact) mass is 358 g/mol. The van der Waals surface area contributed by atoms with Crippen molar-refractivity contribution in [3.8, 4) is 11.8 Å². The van der Waals surface area contributed by atoms with E-state index >= 15 is 0 Å². The number of nitriles is 1. The first-order valence-corrected chi connectivity index (χ1v) is 9.55. The van der Waals surface area contributed by atoms with Crippen LogP contribution in [0.5, 0.6) is 5.75 Å². The molecule has 1 aromatic rings. The van der Waals surface area contributed by atoms with E-state index in [0.29, 0.717) is 12.5 Å². The summed E-state index contributed by atoms with van der Waals surface area (Å²) >= 11 is 0. The Bertz CT molecular complexity index is 657. The number of carbonyl (C=O) groups excluding carboxylic acids is 1. The molecule has 6 heteroatoms. The number of carbonyl (C=O) groups is 1. The number of ether oxygens (including phenoxy) is 1. The second-order valence-electron chi connectivity index (χ2n) is 7.84. The smallest absolute Gasteiger partial charge is 0.276 e. The van der Waals surface area contributed by atoms with Gasteiger partial charge in [0.15, 0.2) is 6.54 Å². The minimum Gasteiger partial charge on any atom is -0.497 e. The minimum atomic E-state index is -0.683. The fraction of sp³-hybridized carbons (Fsp3) is 0.600. The number of benzene rings is 1. The summed E-state index contributed by atoms with van der Waals surface area (Å²) in [6, 6.07) is 10.6. The van der Waals surface area contributed by atoms with Gasteiger partial charge in [-0.05, 0) is 49.9 Å². The average molecular weight is 358 g/mol. The summed E-state index contributed by atoms with van der Waals surface area (Å²) in [6.07, 6.45) is 2.09. The zero-order valence-corrected chi connectivity index (χ0v) is 15.8. The van der Waals surface area contributed by atoms with Gasteiger partial charge in [-0.3, -0.25) is 4.79 Å². The highest BCUT2D eigenvalue weighted by atomic mass is 16.5. The summed E-state index contributed by atoms with van der Waals surface area (Å²) in [5.41, 5.74) is 0.633. The zero-order valence-electron chi connectivity index (χ0n) is 15.8. The number of hydrogen-bond acceptors (Lipinski definition) is 3. The third-order valence-corrected chi connectivity index (χ3v) is 5.71. The van der Waals surface area contributed by atoms with E-state index in [9.17, 15) is 10.1 Å². The number of nitrogens with zero attached hydrogens (tertiary/aromatic N) is 1. The largest absolute Gasteiger partial charge is 0.497 e. The summed E-state index contributed by atoms with van der Waals surface area (Å²) in [5, 5.41) is 12.4. The highest BCUT2D eigenvalue weighted by molar-refractivity contribution is 5.78. The summed E-state index contributed by atoms with van der Waals surface area (Å²) in [5.74, 6) is 1.23. The second kappa shape index (κ2) is 8.07. The molecular weight excluding hydrogens is 328 g/mol. The van der Waals surface area contributed by atoms with Crippen molar-refractivity contribution in [2.45, 2.75) is 31.8 Å². The first-order valence-electron chi connectivity index (χ1n) is 9.55. The molecule has 6 nitrogen and oxygen atoms in total. The molecule has 1 heterocycles. The lowest BCUT2D eigenvalue weighted by atomic mass is 9.98. The molecule has 0 radical (unpaired) electrons. The van der Waals surface area contributed by atoms with Gasteiger partial charge in [0.1, 0.15) is 44.0 Å². The Labute approximate surface area is 155 Å². The maximum atomic E-state index is 12.3. The highest BCUT2D eigenvalue weighted by Gasteiger charge is 2.43. The molecule has 0 unspecified atom stereocenters. The van der Waals surface area contributed by atoms with Gasteiger partial charge >= 0.3 is 0 Å². The van der Waals surface area contributed by atoms with Gasteiger partial charge in [-0.1, -0.05) is 0 Å². The lowest BCUT2D eigenvalue weighted by Gasteiger charge is -2.30. The van der Waals surface area contributed by atoms with Gasteiger partial charge in [-0.25, -0.2) is 0 Å². The van der Waals surface area contributed by atoms with Crippen molar-refractivity contribution >= 4 is 5.91 Å². The Hall–Kier alpha value is -2.10. The third kappa shape index (κ3) is 4.75. The van der Waals surface area contributed by atoms with Crippen molar-refractivity contribution in [2.75, 3.05) is 39.8 Å². The van der Waals surface area contributed by atoms with E-state index in [1.54, 1.807) is 12.0 Å². The van der Waals surface area contributed by atoms with Crippen LogP contribution in [0.1, 0.15) is 25.3 Å². The van der Waals surface area contributed by atoms with Gasteiger partial charge in [0, 0.05) is 5.56 Å². The standard InChI is InChI=1S/C20H28N4O2/c1-20(15-21,17-5-6-17)22-19(25)14-24-11-9-23(10-12-24)13-16-3-7-18(26-2)8-4-16/h3-4,7-8,17H,5-6,9-14H2,1-2H3,(H,22,25)/p+2/t20-/m1/s1. The molecular formula is C20H30N4O2+2. The van der Waals surface area contributed by atoms with Crippen molar-refractivity contribution in [2.24, 2.45) is 5.92 Å². The molecule has 0 bridgehead atoms. The van der Waals surface area contributed by atoms with Gasteiger partial charge < -0.3 is 19.9 Å². The normalized spacial score (nSPS) is 25.0. The number of methoxy groups -OCH3 is 1. The highest BCUT2D eigenvalue weighted by Crippen LogP contribution is 2.39. The van der Waals surface area contributed by atoms with Crippen LogP contribution in [-0.2, 0) is 11.3 Å². The molecule has 3 rings (SSSR count). The zero-order chi connectivity index (χ0) is 18.6. The van der Waals surface area contributed by atoms with Crippen LogP contribution >= 0.6 is 0 Å². The van der Waals surface area contributed by atoms with Crippen molar-refractivity contribution < 1.29 is 19.3 Å². The summed E-state index contributed by atoms with van der Waals surface area (Å²) in [4.78, 5) is 15.2. The Morgan fingerprint density at radius 2 is 1.85 bits per heavy atom. The van der Waals surface area contributed by atoms with E-state index < -0.39 is 5.54 Å². The number of amides is 1. The Morgan fingerprint density at radius 3 is 2.38 bits per heavy atom. The van der Waals surface area contributed by atoms with E-state index in [-0.39, 0.29) is 5.91 Å². The van der Waals surface area contributed by atoms with E-state index in [1.165, 1.54) is 10.5 Å². The van der Waals surface area contributed by atoms with E-state index in [4.69, 9.17) is 4.74 Å². The molecule has 1 saturated heterocycles. The maximum absolute atomic E-state index is 12.3. The van der Waals surface area contributed by atoms with Gasteiger partial charge in [0.05, 0.1) is 13.2 Å². The van der Waals surface area contributed by atoms with Crippen LogP contribution in [0.2, 0.25) is 0 Å². The van der Waals surface area contributed by atoms with Crippen LogP contribution in [0.4, 0.5) is 0 Å². The SMILES string of the molecule is COc1ccc(C[NH+]2CC[NH+](CC(=O)N[C@](C)(C#N)C3CC3)CC2)cc1. The van der Waals surface area contributed by atoms with Crippen LogP contribution in [0.25, 0.3) is 0 Å². The molecule has 2 fully saturated rings. The Balaban J connectivity index is 1.41. The molecule has 1 aliphatic carbocycles. The lowest BCUT2D eigenvalue weighted by molar-refractivity contribution is -1.02. The first-order chi connectivity index (χ1) is 12.5. The van der Waals surface area contributed by atoms with E-state index in [0.717, 1.165) is 51.3 Å². The van der Waals surface area contributed by atoms with Crippen LogP contribution in [-0.4, -0.2) is 51.3 Å². The second-order valence-corrected chi connectivity index (χ2v) is 7.84. The number of hydrogen-bond donors (Lipinski definition) is 3. The predicted octanol–water partition coefficient (Wildman–Crippen LogP) is -1.21. The number of rotatable bonds is 7. The first kappa shape index (κ1) is 18.7. The molecule has 1 saturated carbocycles. The van der Waals surface area contributed by atoms with Crippen molar-refractivity contribution in [1.82, 2.24) is 5.32 Å². The molecule has 140 valence electrons. The van der Waals surface area contributed by atoms with Crippen LogP contribution in [0.3, 0.4) is 0 Å². The quantitative estimate of drug-likeness (QED) is 0.573. The fourth-order valence-corrected chi connectivity index (χ4v) is 3.79. The van der Waals surface area contributed by atoms with Crippen molar-refractivity contribution in [1.29, 1.82) is 5.26 Å². The molecule has 0 aromatic heterocycles. The van der Waals surface area contributed by atoms with Gasteiger partial charge in [-0.15, -0.1) is 0 Å². The molecule has 1 amide bonds. The van der Waals surface area contributed by atoms with Gasteiger partial charge in [0.25, 0.3) is 5.91 Å². The number of nitrogens with one attached hydrogen (secondary N) is 3. The Kier molecular flexibility index (Phi) is 5.80. The molecule has 26 heavy (non-hydrogen) atoms. The van der Waals surface area contributed by atoms with Crippen LogP contribution in [0.15, 0.2) is 24.3 Å². The number of piperazine rings is 1. The lowest BCUT2D eigenvalue weighted by Crippen LogP contribution is -3.28. The van der Waals surface area contributed by atoms with Gasteiger partial charge in [0.2, 0.25) is 0 Å². The average Bonchev–Trinajstić information content (AvgIpc) is 3.49. The van der Waals surface area contributed by atoms with Crippen molar-refractivity contribution in [3.05, 3.63) is 29.8 Å². The van der Waals surface area contributed by atoms with Gasteiger partial charge in [-0.2, -0.15) is 5.26 Å². The fourth-order valence-electron chi connectivity index (χ4n) is 3.79. The summed E-state index contributed by atoms with van der Waals surface area (Å²) in [7, 11) is 1.68. The summed E-state index contributed by atoms with van der Waals surface area (Å²) in [6.45, 7) is 7.45. The molecule has 2 aliphatic rings. The molecule has 1 atom stereocenters. The molecule has 3 N–H and O–H groups in total. The Morgan fingerprint density at radius 1 is 1.23 bits per heavy atom. The van der Waals surface area contributed by atoms with Crippen LogP contribution < -0.4 is 19.9 Å². The molecule has 1 aromatic carbocycles. The van der Waals surface area contributed by atoms with E-state index in [2.05, 4.69) is 23.5 Å². The van der Waals surface area contributed by atoms with E-state index in [1.807, 2.05) is 19.1 Å². The van der Waals surface area contributed by atoms with Crippen LogP contribution in [0, 0.1) is 17.2 Å². The maximum Gasteiger partial charge on any atom is 0.276 e.